The highest BCUT2D eigenvalue weighted by Gasteiger charge is 2.15. The largest absolute Gasteiger partial charge is 0.398 e. The minimum absolute atomic E-state index is 0.0530. The second-order valence-corrected chi connectivity index (χ2v) is 5.84. The summed E-state index contributed by atoms with van der Waals surface area (Å²) < 4.78 is 31.1. The highest BCUT2D eigenvalue weighted by atomic mass is 35.5. The van der Waals surface area contributed by atoms with Gasteiger partial charge in [-0.1, -0.05) is 16.8 Å². The molecule has 1 aromatic carbocycles. The molecular formula is C10H11ClN4O3S. The van der Waals surface area contributed by atoms with E-state index >= 15 is 0 Å². The average molecular weight is 303 g/mol. The maximum Gasteiger partial charge on any atom is 0.240 e. The summed E-state index contributed by atoms with van der Waals surface area (Å²) in [5, 5.41) is 3.62. The van der Waals surface area contributed by atoms with E-state index in [2.05, 4.69) is 14.9 Å². The summed E-state index contributed by atoms with van der Waals surface area (Å²) in [4.78, 5) is 3.84. The predicted octanol–water partition coefficient (Wildman–Crippen LogP) is 0.826. The zero-order valence-electron chi connectivity index (χ0n) is 9.71. The lowest BCUT2D eigenvalue weighted by Gasteiger charge is -2.06. The van der Waals surface area contributed by atoms with Gasteiger partial charge in [-0.25, -0.2) is 13.1 Å². The van der Waals surface area contributed by atoms with Crippen LogP contribution in [-0.4, -0.2) is 25.1 Å². The van der Waals surface area contributed by atoms with Gasteiger partial charge >= 0.3 is 0 Å². The Kier molecular flexibility index (Phi) is 4.03. The van der Waals surface area contributed by atoms with Crippen molar-refractivity contribution in [3.63, 3.8) is 0 Å². The van der Waals surface area contributed by atoms with Crippen LogP contribution in [0.25, 0.3) is 0 Å². The number of nitrogens with zero attached hydrogens (tertiary/aromatic N) is 2. The summed E-state index contributed by atoms with van der Waals surface area (Å²) in [5.41, 5.74) is 5.85. The van der Waals surface area contributed by atoms with Crippen LogP contribution < -0.4 is 10.5 Å². The van der Waals surface area contributed by atoms with Crippen molar-refractivity contribution in [2.45, 2.75) is 11.3 Å². The molecule has 0 aliphatic heterocycles. The Bertz CT molecular complexity index is 657. The molecule has 0 fully saturated rings. The number of benzene rings is 1. The molecule has 0 radical (unpaired) electrons. The summed E-state index contributed by atoms with van der Waals surface area (Å²) in [6.07, 6.45) is 1.56. The van der Waals surface area contributed by atoms with Crippen LogP contribution in [0.2, 0.25) is 5.02 Å². The van der Waals surface area contributed by atoms with Crippen LogP contribution in [0.4, 0.5) is 5.69 Å². The molecule has 0 aliphatic carbocycles. The first kappa shape index (κ1) is 13.8. The van der Waals surface area contributed by atoms with Gasteiger partial charge in [-0.3, -0.25) is 0 Å². The maximum absolute atomic E-state index is 11.9. The molecule has 2 aromatic rings. The van der Waals surface area contributed by atoms with Crippen molar-refractivity contribution in [2.24, 2.45) is 0 Å². The summed E-state index contributed by atoms with van der Waals surface area (Å²) in [6, 6.07) is 4.12. The minimum atomic E-state index is -3.63. The molecule has 0 unspecified atom stereocenters. The molecule has 1 heterocycles. The topological polar surface area (TPSA) is 111 Å². The molecular weight excluding hydrogens is 292 g/mol. The Balaban J connectivity index is 2.03. The fourth-order valence-corrected chi connectivity index (χ4v) is 2.66. The highest BCUT2D eigenvalue weighted by Crippen LogP contribution is 2.22. The first-order valence-electron chi connectivity index (χ1n) is 5.29. The van der Waals surface area contributed by atoms with Gasteiger partial charge in [0.15, 0.2) is 6.33 Å². The van der Waals surface area contributed by atoms with Crippen molar-refractivity contribution >= 4 is 27.3 Å². The van der Waals surface area contributed by atoms with Crippen molar-refractivity contribution in [1.82, 2.24) is 14.9 Å². The van der Waals surface area contributed by atoms with Crippen LogP contribution in [0, 0.1) is 0 Å². The molecule has 0 atom stereocenters. The number of nitrogens with two attached hydrogens (primary N) is 1. The van der Waals surface area contributed by atoms with Gasteiger partial charge in [-0.2, -0.15) is 4.98 Å². The fraction of sp³-hybridized carbons (Fsp3) is 0.200. The van der Waals surface area contributed by atoms with Crippen molar-refractivity contribution in [2.75, 3.05) is 12.3 Å². The van der Waals surface area contributed by atoms with Gasteiger partial charge in [0.05, 0.1) is 15.6 Å². The predicted molar refractivity (Wildman–Crippen MR) is 69.1 cm³/mol. The van der Waals surface area contributed by atoms with Gasteiger partial charge in [0.2, 0.25) is 15.9 Å². The Morgan fingerprint density at radius 2 is 2.21 bits per heavy atom. The van der Waals surface area contributed by atoms with Gasteiger partial charge in [-0.15, -0.1) is 0 Å². The lowest BCUT2D eigenvalue weighted by Crippen LogP contribution is -2.26. The molecule has 0 saturated heterocycles. The SMILES string of the molecule is Nc1ccc(S(=O)(=O)NCCc2ncno2)cc1Cl. The molecule has 0 spiro atoms. The number of anilines is 1. The van der Waals surface area contributed by atoms with Crippen LogP contribution in [0.3, 0.4) is 0 Å². The first-order valence-corrected chi connectivity index (χ1v) is 7.15. The average Bonchev–Trinajstić information content (AvgIpc) is 2.85. The standard InChI is InChI=1S/C10H11ClN4O3S/c11-8-5-7(1-2-9(8)12)19(16,17)15-4-3-10-13-6-14-18-10/h1-2,5-6,15H,3-4,12H2. The van der Waals surface area contributed by atoms with E-state index in [4.69, 9.17) is 21.9 Å². The molecule has 19 heavy (non-hydrogen) atoms. The smallest absolute Gasteiger partial charge is 0.240 e. The summed E-state index contributed by atoms with van der Waals surface area (Å²) >= 11 is 5.78. The van der Waals surface area contributed by atoms with Crippen LogP contribution >= 0.6 is 11.6 Å². The number of aromatic nitrogens is 2. The van der Waals surface area contributed by atoms with Crippen LogP contribution in [0.15, 0.2) is 33.9 Å². The number of hydrogen-bond acceptors (Lipinski definition) is 6. The normalized spacial score (nSPS) is 11.6. The third-order valence-corrected chi connectivity index (χ3v) is 4.11. The number of nitrogens with one attached hydrogen (secondary N) is 1. The van der Waals surface area contributed by atoms with Gasteiger partial charge in [-0.05, 0) is 18.2 Å². The van der Waals surface area contributed by atoms with E-state index in [0.717, 1.165) is 0 Å². The molecule has 9 heteroatoms. The highest BCUT2D eigenvalue weighted by molar-refractivity contribution is 7.89. The quantitative estimate of drug-likeness (QED) is 0.791. The molecule has 7 nitrogen and oxygen atoms in total. The number of sulfonamides is 1. The number of halogens is 1. The van der Waals surface area contributed by atoms with Crippen molar-refractivity contribution in [1.29, 1.82) is 0 Å². The fourth-order valence-electron chi connectivity index (χ4n) is 1.36. The van der Waals surface area contributed by atoms with Gasteiger partial charge in [0, 0.05) is 13.0 Å². The third kappa shape index (κ3) is 3.43. The molecule has 1 aromatic heterocycles. The van der Waals surface area contributed by atoms with E-state index in [9.17, 15) is 8.42 Å². The van der Waals surface area contributed by atoms with E-state index in [1.165, 1.54) is 24.5 Å². The summed E-state index contributed by atoms with van der Waals surface area (Å²) in [5.74, 6) is 0.359. The van der Waals surface area contributed by atoms with Crippen LogP contribution in [0.1, 0.15) is 5.89 Å². The monoisotopic (exact) mass is 302 g/mol. The van der Waals surface area contributed by atoms with Crippen LogP contribution in [0.5, 0.6) is 0 Å². The van der Waals surface area contributed by atoms with E-state index in [0.29, 0.717) is 18.0 Å². The molecule has 0 amide bonds. The van der Waals surface area contributed by atoms with E-state index in [1.807, 2.05) is 0 Å². The molecule has 3 N–H and O–H groups in total. The Hall–Kier alpha value is -1.64. The second-order valence-electron chi connectivity index (χ2n) is 3.67. The third-order valence-electron chi connectivity index (χ3n) is 2.32. The molecule has 0 bridgehead atoms. The van der Waals surface area contributed by atoms with E-state index in [1.54, 1.807) is 0 Å². The lowest BCUT2D eigenvalue weighted by atomic mass is 10.3. The molecule has 102 valence electrons. The summed E-state index contributed by atoms with van der Waals surface area (Å²) in [6.45, 7) is 0.145. The second kappa shape index (κ2) is 5.55. The molecule has 2 rings (SSSR count). The van der Waals surface area contributed by atoms with Crippen molar-refractivity contribution < 1.29 is 12.9 Å². The molecule has 0 aliphatic rings. The zero-order chi connectivity index (χ0) is 13.9. The summed E-state index contributed by atoms with van der Waals surface area (Å²) in [7, 11) is -3.63. The van der Waals surface area contributed by atoms with Gasteiger partial charge in [0.25, 0.3) is 0 Å². The van der Waals surface area contributed by atoms with Gasteiger partial charge < -0.3 is 10.3 Å². The number of hydrogen-bond donors (Lipinski definition) is 2. The van der Waals surface area contributed by atoms with E-state index < -0.39 is 10.0 Å². The molecule has 0 saturated carbocycles. The Morgan fingerprint density at radius 3 is 2.84 bits per heavy atom. The first-order chi connectivity index (χ1) is 8.99. The maximum atomic E-state index is 11.9. The van der Waals surface area contributed by atoms with E-state index in [-0.39, 0.29) is 16.5 Å². The Labute approximate surface area is 114 Å². The number of rotatable bonds is 5. The minimum Gasteiger partial charge on any atom is -0.398 e. The van der Waals surface area contributed by atoms with Crippen molar-refractivity contribution in [3.8, 4) is 0 Å². The van der Waals surface area contributed by atoms with Crippen LogP contribution in [-0.2, 0) is 16.4 Å². The Morgan fingerprint density at radius 1 is 1.42 bits per heavy atom. The van der Waals surface area contributed by atoms with Gasteiger partial charge in [0.1, 0.15) is 0 Å². The number of nitrogen functional groups attached to an aromatic ring is 1. The van der Waals surface area contributed by atoms with Crippen molar-refractivity contribution in [3.05, 3.63) is 35.4 Å². The zero-order valence-corrected chi connectivity index (χ0v) is 11.3. The lowest BCUT2D eigenvalue weighted by molar-refractivity contribution is 0.377.